The van der Waals surface area contributed by atoms with Gasteiger partial charge in [0.05, 0.1) is 0 Å². The topological polar surface area (TPSA) is 73.3 Å². The van der Waals surface area contributed by atoms with Crippen LogP contribution in [-0.4, -0.2) is 0 Å². The van der Waals surface area contributed by atoms with E-state index < -0.39 is 0 Å². The highest BCUT2D eigenvalue weighted by molar-refractivity contribution is 7.08. The molecule has 0 unspecified atom stereocenters. The van der Waals surface area contributed by atoms with E-state index in [0.29, 0.717) is 12.2 Å². The molecule has 4 rings (SSSR count). The van der Waals surface area contributed by atoms with E-state index in [1.165, 1.54) is 5.56 Å². The lowest BCUT2D eigenvalue weighted by molar-refractivity contribution is 0.483. The van der Waals surface area contributed by atoms with Gasteiger partial charge in [-0.2, -0.15) is 11.3 Å². The highest BCUT2D eigenvalue weighted by Crippen LogP contribution is 2.33. The number of nitrogen functional groups attached to an aromatic ring is 2. The highest BCUT2D eigenvalue weighted by atomic mass is 32.1. The van der Waals surface area contributed by atoms with Crippen LogP contribution in [0.3, 0.4) is 0 Å². The molecule has 0 aliphatic rings. The van der Waals surface area contributed by atoms with E-state index in [4.69, 9.17) is 16.2 Å². The quantitative estimate of drug-likeness (QED) is 0.356. The summed E-state index contributed by atoms with van der Waals surface area (Å²) in [6, 6.07) is 23.3. The third-order valence-corrected chi connectivity index (χ3v) is 5.22. The molecule has 28 heavy (non-hydrogen) atoms. The van der Waals surface area contributed by atoms with Crippen LogP contribution in [0.4, 0.5) is 17.1 Å². The van der Waals surface area contributed by atoms with Crippen molar-refractivity contribution in [3.63, 3.8) is 0 Å². The third-order valence-electron chi connectivity index (χ3n) is 4.43. The Balaban J connectivity index is 1.44. The minimum absolute atomic E-state index is 0.700. The number of rotatable bonds is 6. The maximum absolute atomic E-state index is 6.15. The first-order chi connectivity index (χ1) is 13.7. The first kappa shape index (κ1) is 17.9. The number of para-hydroxylation sites is 1. The summed E-state index contributed by atoms with van der Waals surface area (Å²) < 4.78 is 5.83. The monoisotopic (exact) mass is 387 g/mol. The molecular weight excluding hydrogens is 366 g/mol. The Kier molecular flexibility index (Phi) is 5.17. The fraction of sp³-hybridized carbons (Fsp3) is 0.0435. The molecule has 1 aromatic heterocycles. The number of hydrogen-bond donors (Lipinski definition) is 3. The number of thiophene rings is 1. The summed E-state index contributed by atoms with van der Waals surface area (Å²) in [7, 11) is 0. The van der Waals surface area contributed by atoms with Crippen LogP contribution in [0.1, 0.15) is 5.56 Å². The molecule has 0 saturated carbocycles. The number of nitrogens with one attached hydrogen (secondary N) is 1. The first-order valence-corrected chi connectivity index (χ1v) is 9.90. The first-order valence-electron chi connectivity index (χ1n) is 8.96. The Morgan fingerprint density at radius 2 is 1.54 bits per heavy atom. The molecule has 0 aliphatic heterocycles. The van der Waals surface area contributed by atoms with Crippen molar-refractivity contribution in [2.24, 2.45) is 0 Å². The van der Waals surface area contributed by atoms with E-state index in [2.05, 4.69) is 16.1 Å². The van der Waals surface area contributed by atoms with Crippen molar-refractivity contribution in [3.05, 3.63) is 89.1 Å². The van der Waals surface area contributed by atoms with Crippen LogP contribution in [0.15, 0.2) is 83.6 Å². The molecule has 4 nitrogen and oxygen atoms in total. The van der Waals surface area contributed by atoms with E-state index in [1.807, 2.05) is 72.8 Å². The van der Waals surface area contributed by atoms with E-state index in [-0.39, 0.29) is 0 Å². The molecule has 0 saturated heterocycles. The number of hydrogen-bond acceptors (Lipinski definition) is 5. The normalized spacial score (nSPS) is 10.6. The molecule has 0 bridgehead atoms. The standard InChI is InChI=1S/C23H21N3OS/c24-17-6-11-23(25)21(12-17)22-15-28-14-16(22)13-26-18-7-9-20(10-8-18)27-19-4-2-1-3-5-19/h1-12,14-15,26H,13,24-25H2. The summed E-state index contributed by atoms with van der Waals surface area (Å²) in [6.45, 7) is 0.700. The summed E-state index contributed by atoms with van der Waals surface area (Å²) >= 11 is 1.66. The minimum Gasteiger partial charge on any atom is -0.457 e. The van der Waals surface area contributed by atoms with Crippen molar-refractivity contribution in [2.75, 3.05) is 16.8 Å². The van der Waals surface area contributed by atoms with Gasteiger partial charge in [0.1, 0.15) is 11.5 Å². The number of nitrogens with two attached hydrogens (primary N) is 2. The largest absolute Gasteiger partial charge is 0.457 e. The molecule has 0 amide bonds. The Hall–Kier alpha value is -3.44. The Morgan fingerprint density at radius 1 is 0.786 bits per heavy atom. The fourth-order valence-electron chi connectivity index (χ4n) is 2.97. The van der Waals surface area contributed by atoms with Gasteiger partial charge in [-0.15, -0.1) is 0 Å². The van der Waals surface area contributed by atoms with E-state index in [0.717, 1.165) is 34.0 Å². The summed E-state index contributed by atoms with van der Waals surface area (Å²) in [5, 5.41) is 7.71. The summed E-state index contributed by atoms with van der Waals surface area (Å²) in [5.74, 6) is 1.63. The van der Waals surface area contributed by atoms with Gasteiger partial charge in [-0.25, -0.2) is 0 Å². The van der Waals surface area contributed by atoms with Crippen molar-refractivity contribution in [1.29, 1.82) is 0 Å². The Labute approximate surface area is 168 Å². The van der Waals surface area contributed by atoms with Crippen LogP contribution in [0, 0.1) is 0 Å². The fourth-order valence-corrected chi connectivity index (χ4v) is 3.82. The molecule has 4 aromatic rings. The molecule has 0 fully saturated rings. The van der Waals surface area contributed by atoms with Gasteiger partial charge in [-0.05, 0) is 76.5 Å². The van der Waals surface area contributed by atoms with Crippen molar-refractivity contribution in [3.8, 4) is 22.6 Å². The van der Waals surface area contributed by atoms with Gasteiger partial charge >= 0.3 is 0 Å². The summed E-state index contributed by atoms with van der Waals surface area (Å²) in [5.41, 5.74) is 17.8. The Bertz CT molecular complexity index is 1060. The van der Waals surface area contributed by atoms with Crippen molar-refractivity contribution in [2.45, 2.75) is 6.54 Å². The average molecular weight is 388 g/mol. The van der Waals surface area contributed by atoms with Gasteiger partial charge in [0.25, 0.3) is 0 Å². The average Bonchev–Trinajstić information content (AvgIpc) is 3.18. The minimum atomic E-state index is 0.700. The molecule has 5 N–H and O–H groups in total. The molecule has 140 valence electrons. The van der Waals surface area contributed by atoms with Crippen molar-refractivity contribution in [1.82, 2.24) is 0 Å². The molecular formula is C23H21N3OS. The van der Waals surface area contributed by atoms with E-state index in [1.54, 1.807) is 11.3 Å². The lowest BCUT2D eigenvalue weighted by Gasteiger charge is -2.11. The van der Waals surface area contributed by atoms with Crippen LogP contribution < -0.4 is 21.5 Å². The van der Waals surface area contributed by atoms with Gasteiger partial charge in [-0.3, -0.25) is 0 Å². The molecule has 5 heteroatoms. The van der Waals surface area contributed by atoms with Gasteiger partial charge in [0, 0.05) is 29.2 Å². The van der Waals surface area contributed by atoms with Crippen LogP contribution in [0.2, 0.25) is 0 Å². The molecule has 1 heterocycles. The van der Waals surface area contributed by atoms with Gasteiger partial charge < -0.3 is 21.5 Å². The second kappa shape index (κ2) is 8.06. The molecule has 0 aliphatic carbocycles. The van der Waals surface area contributed by atoms with Crippen LogP contribution >= 0.6 is 11.3 Å². The smallest absolute Gasteiger partial charge is 0.127 e. The molecule has 0 radical (unpaired) electrons. The third kappa shape index (κ3) is 4.10. The SMILES string of the molecule is Nc1ccc(N)c(-c2cscc2CNc2ccc(Oc3ccccc3)cc2)c1. The second-order valence-corrected chi connectivity index (χ2v) is 7.19. The molecule has 0 spiro atoms. The van der Waals surface area contributed by atoms with Crippen molar-refractivity contribution < 1.29 is 4.74 Å². The zero-order chi connectivity index (χ0) is 19.3. The van der Waals surface area contributed by atoms with Gasteiger partial charge in [-0.1, -0.05) is 18.2 Å². The van der Waals surface area contributed by atoms with Gasteiger partial charge in [0.2, 0.25) is 0 Å². The van der Waals surface area contributed by atoms with Crippen LogP contribution in [0.5, 0.6) is 11.5 Å². The predicted molar refractivity (Wildman–Crippen MR) is 119 cm³/mol. The lowest BCUT2D eigenvalue weighted by atomic mass is 10.0. The lowest BCUT2D eigenvalue weighted by Crippen LogP contribution is -2.00. The predicted octanol–water partition coefficient (Wildman–Crippen LogP) is 5.98. The maximum atomic E-state index is 6.15. The summed E-state index contributed by atoms with van der Waals surface area (Å²) in [6.07, 6.45) is 0. The number of anilines is 3. The van der Waals surface area contributed by atoms with Crippen molar-refractivity contribution >= 4 is 28.4 Å². The maximum Gasteiger partial charge on any atom is 0.127 e. The molecule has 3 aromatic carbocycles. The highest BCUT2D eigenvalue weighted by Gasteiger charge is 2.10. The van der Waals surface area contributed by atoms with Gasteiger partial charge in [0.15, 0.2) is 0 Å². The van der Waals surface area contributed by atoms with Crippen LogP contribution in [-0.2, 0) is 6.54 Å². The number of benzene rings is 3. The zero-order valence-electron chi connectivity index (χ0n) is 15.3. The zero-order valence-corrected chi connectivity index (χ0v) is 16.1. The van der Waals surface area contributed by atoms with E-state index >= 15 is 0 Å². The van der Waals surface area contributed by atoms with Crippen LogP contribution in [0.25, 0.3) is 11.1 Å². The Morgan fingerprint density at radius 3 is 2.32 bits per heavy atom. The molecule has 0 atom stereocenters. The number of ether oxygens (including phenoxy) is 1. The summed E-state index contributed by atoms with van der Waals surface area (Å²) in [4.78, 5) is 0. The van der Waals surface area contributed by atoms with E-state index in [9.17, 15) is 0 Å². The second-order valence-electron chi connectivity index (χ2n) is 6.45.